The molecule has 0 atom stereocenters. The minimum absolute atomic E-state index is 0.186. The molecule has 1 aliphatic heterocycles. The van der Waals surface area contributed by atoms with Gasteiger partial charge in [0.2, 0.25) is 5.91 Å². The number of anilines is 1. The van der Waals surface area contributed by atoms with Gasteiger partial charge in [-0.3, -0.25) is 9.78 Å². The lowest BCUT2D eigenvalue weighted by atomic mass is 10.1. The van der Waals surface area contributed by atoms with Gasteiger partial charge in [-0.1, -0.05) is 18.2 Å². The zero-order valence-corrected chi connectivity index (χ0v) is 12.8. The molecule has 5 heteroatoms. The summed E-state index contributed by atoms with van der Waals surface area (Å²) in [5, 5.41) is 4.46. The molecule has 0 spiro atoms. The number of nitrogens with one attached hydrogen (secondary N) is 1. The van der Waals surface area contributed by atoms with E-state index in [1.54, 1.807) is 0 Å². The second-order valence-electron chi connectivity index (χ2n) is 5.50. The third-order valence-electron chi connectivity index (χ3n) is 3.99. The van der Waals surface area contributed by atoms with Gasteiger partial charge in [-0.2, -0.15) is 0 Å². The van der Waals surface area contributed by atoms with Gasteiger partial charge < -0.3 is 15.0 Å². The molecule has 1 aromatic heterocycles. The molecule has 1 fully saturated rings. The van der Waals surface area contributed by atoms with E-state index in [-0.39, 0.29) is 5.91 Å². The Morgan fingerprint density at radius 3 is 2.95 bits per heavy atom. The first kappa shape index (κ1) is 14.8. The Balaban J connectivity index is 1.62. The van der Waals surface area contributed by atoms with Crippen LogP contribution >= 0.6 is 0 Å². The van der Waals surface area contributed by atoms with E-state index in [1.165, 1.54) is 0 Å². The van der Waals surface area contributed by atoms with E-state index in [0.29, 0.717) is 39.3 Å². The second-order valence-corrected chi connectivity index (χ2v) is 5.50. The number of hydrogen-bond acceptors (Lipinski definition) is 4. The van der Waals surface area contributed by atoms with Crippen molar-refractivity contribution < 1.29 is 9.53 Å². The average molecular weight is 299 g/mol. The molecule has 0 unspecified atom stereocenters. The Bertz CT molecular complexity index is 666. The highest BCUT2D eigenvalue weighted by Gasteiger charge is 2.16. The van der Waals surface area contributed by atoms with Crippen LogP contribution in [-0.2, 0) is 9.53 Å². The van der Waals surface area contributed by atoms with Gasteiger partial charge in [0.1, 0.15) is 0 Å². The number of pyridine rings is 1. The first-order valence-corrected chi connectivity index (χ1v) is 7.69. The van der Waals surface area contributed by atoms with Crippen LogP contribution in [0.5, 0.6) is 0 Å². The van der Waals surface area contributed by atoms with Crippen LogP contribution < -0.4 is 5.32 Å². The van der Waals surface area contributed by atoms with E-state index in [9.17, 15) is 4.79 Å². The molecule has 1 N–H and O–H groups in total. The number of ether oxygens (including phenoxy) is 1. The zero-order chi connectivity index (χ0) is 15.4. The molecule has 22 heavy (non-hydrogen) atoms. The number of aromatic nitrogens is 1. The number of benzene rings is 1. The van der Waals surface area contributed by atoms with Crippen LogP contribution in [0, 0.1) is 6.92 Å². The van der Waals surface area contributed by atoms with Gasteiger partial charge >= 0.3 is 0 Å². The Morgan fingerprint density at radius 2 is 2.14 bits per heavy atom. The molecule has 1 aromatic carbocycles. The van der Waals surface area contributed by atoms with Gasteiger partial charge in [0.05, 0.1) is 18.7 Å². The molecular formula is C17H21N3O2. The van der Waals surface area contributed by atoms with Crippen LogP contribution in [0.25, 0.3) is 10.9 Å². The Kier molecular flexibility index (Phi) is 4.53. The van der Waals surface area contributed by atoms with Crippen molar-refractivity contribution in [1.82, 2.24) is 9.88 Å². The summed E-state index contributed by atoms with van der Waals surface area (Å²) in [4.78, 5) is 18.4. The van der Waals surface area contributed by atoms with E-state index in [2.05, 4.69) is 29.4 Å². The minimum atomic E-state index is 0.186. The molecule has 2 heterocycles. The van der Waals surface area contributed by atoms with Gasteiger partial charge in [0.25, 0.3) is 0 Å². The van der Waals surface area contributed by atoms with Crippen molar-refractivity contribution in [2.45, 2.75) is 13.3 Å². The molecule has 1 amide bonds. The fraction of sp³-hybridized carbons (Fsp3) is 0.412. The number of amides is 1. The number of para-hydroxylation sites is 1. The Hall–Kier alpha value is -2.14. The molecule has 0 aliphatic carbocycles. The van der Waals surface area contributed by atoms with Gasteiger partial charge in [-0.15, -0.1) is 0 Å². The first-order valence-electron chi connectivity index (χ1n) is 7.69. The first-order chi connectivity index (χ1) is 10.8. The number of rotatable bonds is 4. The molecule has 116 valence electrons. The van der Waals surface area contributed by atoms with Crippen molar-refractivity contribution in [3.05, 3.63) is 36.0 Å². The Labute approximate surface area is 130 Å². The molecule has 5 nitrogen and oxygen atoms in total. The van der Waals surface area contributed by atoms with Crippen molar-refractivity contribution in [1.29, 1.82) is 0 Å². The van der Waals surface area contributed by atoms with E-state index in [4.69, 9.17) is 4.74 Å². The number of carbonyl (C=O) groups is 1. The third-order valence-corrected chi connectivity index (χ3v) is 3.99. The van der Waals surface area contributed by atoms with Crippen LogP contribution in [0.15, 0.2) is 30.5 Å². The lowest BCUT2D eigenvalue weighted by molar-refractivity contribution is -0.134. The van der Waals surface area contributed by atoms with Crippen LogP contribution in [-0.4, -0.2) is 48.6 Å². The lowest BCUT2D eigenvalue weighted by Gasteiger charge is -2.27. The molecule has 0 bridgehead atoms. The largest absolute Gasteiger partial charge is 0.384 e. The van der Waals surface area contributed by atoms with Gasteiger partial charge in [0.15, 0.2) is 0 Å². The highest BCUT2D eigenvalue weighted by atomic mass is 16.5. The van der Waals surface area contributed by atoms with Crippen molar-refractivity contribution in [3.63, 3.8) is 0 Å². The topological polar surface area (TPSA) is 54.5 Å². The minimum Gasteiger partial charge on any atom is -0.384 e. The number of carbonyl (C=O) groups excluding carboxylic acids is 1. The van der Waals surface area contributed by atoms with E-state index < -0.39 is 0 Å². The molecule has 1 saturated heterocycles. The second kappa shape index (κ2) is 6.75. The van der Waals surface area contributed by atoms with Crippen molar-refractivity contribution in [2.24, 2.45) is 0 Å². The molecule has 3 rings (SSSR count). The summed E-state index contributed by atoms with van der Waals surface area (Å²) in [5.41, 5.74) is 3.20. The predicted octanol–water partition coefficient (Wildman–Crippen LogP) is 2.20. The summed E-state index contributed by atoms with van der Waals surface area (Å²) in [7, 11) is 0. The quantitative estimate of drug-likeness (QED) is 0.940. The summed E-state index contributed by atoms with van der Waals surface area (Å²) in [6.07, 6.45) is 2.30. The van der Waals surface area contributed by atoms with E-state index >= 15 is 0 Å². The van der Waals surface area contributed by atoms with Crippen molar-refractivity contribution in [2.75, 3.05) is 38.2 Å². The summed E-state index contributed by atoms with van der Waals surface area (Å²) in [5.74, 6) is 0.186. The fourth-order valence-electron chi connectivity index (χ4n) is 2.75. The van der Waals surface area contributed by atoms with Gasteiger partial charge in [-0.25, -0.2) is 0 Å². The SMILES string of the molecule is Cc1cccc2c(NCCC(=O)N3CCOCC3)ccnc12. The van der Waals surface area contributed by atoms with Crippen LogP contribution in [0.3, 0.4) is 0 Å². The maximum absolute atomic E-state index is 12.1. The number of hydrogen-bond donors (Lipinski definition) is 1. The molecule has 0 radical (unpaired) electrons. The molecular weight excluding hydrogens is 278 g/mol. The highest BCUT2D eigenvalue weighted by molar-refractivity contribution is 5.93. The molecule has 2 aromatic rings. The monoisotopic (exact) mass is 299 g/mol. The van der Waals surface area contributed by atoms with Crippen molar-refractivity contribution in [3.8, 4) is 0 Å². The normalized spacial score (nSPS) is 15.0. The third kappa shape index (κ3) is 3.20. The summed E-state index contributed by atoms with van der Waals surface area (Å²) in [6.45, 7) is 5.39. The molecule has 1 aliphatic rings. The van der Waals surface area contributed by atoms with Gasteiger partial charge in [-0.05, 0) is 18.6 Å². The molecule has 0 saturated carbocycles. The fourth-order valence-corrected chi connectivity index (χ4v) is 2.75. The Morgan fingerprint density at radius 1 is 1.32 bits per heavy atom. The summed E-state index contributed by atoms with van der Waals surface area (Å²) in [6, 6.07) is 8.10. The lowest BCUT2D eigenvalue weighted by Crippen LogP contribution is -2.41. The summed E-state index contributed by atoms with van der Waals surface area (Å²) < 4.78 is 5.27. The number of nitrogens with zero attached hydrogens (tertiary/aromatic N) is 2. The maximum atomic E-state index is 12.1. The van der Waals surface area contributed by atoms with Crippen LogP contribution in [0.4, 0.5) is 5.69 Å². The van der Waals surface area contributed by atoms with Crippen LogP contribution in [0.2, 0.25) is 0 Å². The van der Waals surface area contributed by atoms with E-state index in [1.807, 2.05) is 23.2 Å². The van der Waals surface area contributed by atoms with Crippen molar-refractivity contribution >= 4 is 22.5 Å². The van der Waals surface area contributed by atoms with Crippen LogP contribution in [0.1, 0.15) is 12.0 Å². The standard InChI is InChI=1S/C17H21N3O2/c1-13-3-2-4-14-15(5-7-19-17(13)14)18-8-6-16(21)20-9-11-22-12-10-20/h2-5,7H,6,8-12H2,1H3,(H,18,19). The van der Waals surface area contributed by atoms with Gasteiger partial charge in [0, 0.05) is 43.3 Å². The highest BCUT2D eigenvalue weighted by Crippen LogP contribution is 2.23. The number of aryl methyl sites for hydroxylation is 1. The average Bonchev–Trinajstić information content (AvgIpc) is 2.56. The number of morpholine rings is 1. The smallest absolute Gasteiger partial charge is 0.224 e. The predicted molar refractivity (Wildman–Crippen MR) is 87.0 cm³/mol. The van der Waals surface area contributed by atoms with E-state index in [0.717, 1.165) is 22.2 Å². The zero-order valence-electron chi connectivity index (χ0n) is 12.8. The summed E-state index contributed by atoms with van der Waals surface area (Å²) >= 11 is 0. The maximum Gasteiger partial charge on any atom is 0.224 e. The number of fused-ring (bicyclic) bond motifs is 1.